The van der Waals surface area contributed by atoms with E-state index >= 15 is 0 Å². The number of hydrogen-bond acceptors (Lipinski definition) is 4. The quantitative estimate of drug-likeness (QED) is 0.781. The highest BCUT2D eigenvalue weighted by atomic mass is 16.5. The molecule has 1 aromatic carbocycles. The van der Waals surface area contributed by atoms with E-state index < -0.39 is 5.91 Å². The zero-order valence-electron chi connectivity index (χ0n) is 11.4. The van der Waals surface area contributed by atoms with Gasteiger partial charge in [0.25, 0.3) is 5.91 Å². The van der Waals surface area contributed by atoms with Gasteiger partial charge >= 0.3 is 0 Å². The summed E-state index contributed by atoms with van der Waals surface area (Å²) in [7, 11) is 1.43. The van der Waals surface area contributed by atoms with Crippen molar-refractivity contribution in [1.82, 2.24) is 10.2 Å². The SMILES string of the molecule is CCCc1cc(NC(=O)c2cccc(OC)c2O)n[nH]1. The van der Waals surface area contributed by atoms with Gasteiger partial charge < -0.3 is 15.2 Å². The molecule has 1 amide bonds. The monoisotopic (exact) mass is 275 g/mol. The number of amides is 1. The molecule has 0 aliphatic carbocycles. The number of methoxy groups -OCH3 is 1. The summed E-state index contributed by atoms with van der Waals surface area (Å²) in [5, 5.41) is 19.4. The Morgan fingerprint density at radius 2 is 2.30 bits per heavy atom. The molecule has 0 aliphatic rings. The van der Waals surface area contributed by atoms with Crippen molar-refractivity contribution in [3.63, 3.8) is 0 Å². The van der Waals surface area contributed by atoms with Crippen LogP contribution < -0.4 is 10.1 Å². The number of para-hydroxylation sites is 1. The zero-order valence-corrected chi connectivity index (χ0v) is 11.4. The van der Waals surface area contributed by atoms with Gasteiger partial charge in [-0.25, -0.2) is 0 Å². The lowest BCUT2D eigenvalue weighted by Gasteiger charge is -2.07. The fourth-order valence-corrected chi connectivity index (χ4v) is 1.88. The molecule has 0 saturated heterocycles. The Balaban J connectivity index is 2.15. The fraction of sp³-hybridized carbons (Fsp3) is 0.286. The minimum atomic E-state index is -0.434. The average Bonchev–Trinajstić information content (AvgIpc) is 2.86. The van der Waals surface area contributed by atoms with Crippen molar-refractivity contribution in [3.8, 4) is 11.5 Å². The van der Waals surface area contributed by atoms with Crippen LogP contribution >= 0.6 is 0 Å². The molecule has 0 bridgehead atoms. The number of carbonyl (C=O) groups excluding carboxylic acids is 1. The number of carbonyl (C=O) groups is 1. The van der Waals surface area contributed by atoms with Crippen molar-refractivity contribution in [1.29, 1.82) is 0 Å². The molecule has 1 aromatic heterocycles. The van der Waals surface area contributed by atoms with E-state index in [4.69, 9.17) is 4.74 Å². The van der Waals surface area contributed by atoms with E-state index in [0.717, 1.165) is 18.5 Å². The molecule has 106 valence electrons. The van der Waals surface area contributed by atoms with Crippen LogP contribution in [0.2, 0.25) is 0 Å². The third-order valence-electron chi connectivity index (χ3n) is 2.86. The van der Waals surface area contributed by atoms with Gasteiger partial charge in [0.15, 0.2) is 17.3 Å². The van der Waals surface area contributed by atoms with Crippen LogP contribution in [0.15, 0.2) is 24.3 Å². The molecule has 1 heterocycles. The molecule has 6 nitrogen and oxygen atoms in total. The number of hydrogen-bond donors (Lipinski definition) is 3. The zero-order chi connectivity index (χ0) is 14.5. The number of anilines is 1. The first-order valence-corrected chi connectivity index (χ1v) is 6.37. The highest BCUT2D eigenvalue weighted by Gasteiger charge is 2.15. The first kappa shape index (κ1) is 13.9. The summed E-state index contributed by atoms with van der Waals surface area (Å²) in [5.74, 6) is 0.0692. The van der Waals surface area contributed by atoms with Crippen LogP contribution in [0.1, 0.15) is 29.4 Å². The van der Waals surface area contributed by atoms with Gasteiger partial charge in [-0.3, -0.25) is 9.89 Å². The summed E-state index contributed by atoms with van der Waals surface area (Å²) in [6.07, 6.45) is 1.86. The van der Waals surface area contributed by atoms with Crippen molar-refractivity contribution in [2.75, 3.05) is 12.4 Å². The van der Waals surface area contributed by atoms with E-state index in [1.807, 2.05) is 0 Å². The normalized spacial score (nSPS) is 10.3. The number of aromatic hydroxyl groups is 1. The molecular weight excluding hydrogens is 258 g/mol. The Kier molecular flexibility index (Phi) is 4.24. The topological polar surface area (TPSA) is 87.2 Å². The molecule has 20 heavy (non-hydrogen) atoms. The number of aromatic nitrogens is 2. The Hall–Kier alpha value is -2.50. The molecule has 3 N–H and O–H groups in total. The molecule has 0 aliphatic heterocycles. The van der Waals surface area contributed by atoms with Crippen LogP contribution in [0.4, 0.5) is 5.82 Å². The summed E-state index contributed by atoms with van der Waals surface area (Å²) in [5.41, 5.74) is 1.10. The van der Waals surface area contributed by atoms with Crippen molar-refractivity contribution in [3.05, 3.63) is 35.5 Å². The largest absolute Gasteiger partial charge is 0.504 e. The van der Waals surface area contributed by atoms with Crippen molar-refractivity contribution in [2.24, 2.45) is 0 Å². The summed E-state index contributed by atoms with van der Waals surface area (Å²) < 4.78 is 4.97. The number of benzene rings is 1. The molecule has 0 atom stereocenters. The second-order valence-corrected chi connectivity index (χ2v) is 4.34. The van der Waals surface area contributed by atoms with Gasteiger partial charge in [0.2, 0.25) is 0 Å². The molecule has 0 fully saturated rings. The van der Waals surface area contributed by atoms with Crippen LogP contribution in [0.5, 0.6) is 11.5 Å². The molecule has 2 rings (SSSR count). The Morgan fingerprint density at radius 3 is 3.00 bits per heavy atom. The summed E-state index contributed by atoms with van der Waals surface area (Å²) in [4.78, 5) is 12.1. The number of aromatic amines is 1. The number of nitrogens with one attached hydrogen (secondary N) is 2. The molecule has 0 radical (unpaired) electrons. The number of H-pyrrole nitrogens is 1. The Morgan fingerprint density at radius 1 is 1.50 bits per heavy atom. The van der Waals surface area contributed by atoms with E-state index in [1.54, 1.807) is 18.2 Å². The minimum absolute atomic E-state index is 0.143. The molecule has 0 spiro atoms. The second kappa shape index (κ2) is 6.10. The maximum Gasteiger partial charge on any atom is 0.260 e. The number of ether oxygens (including phenoxy) is 1. The lowest BCUT2D eigenvalue weighted by molar-refractivity contribution is 0.102. The first-order valence-electron chi connectivity index (χ1n) is 6.37. The van der Waals surface area contributed by atoms with Crippen LogP contribution in [0, 0.1) is 0 Å². The van der Waals surface area contributed by atoms with Crippen LogP contribution in [-0.4, -0.2) is 28.3 Å². The molecule has 0 unspecified atom stereocenters. The smallest absolute Gasteiger partial charge is 0.260 e. The maximum atomic E-state index is 12.1. The minimum Gasteiger partial charge on any atom is -0.504 e. The lowest BCUT2D eigenvalue weighted by atomic mass is 10.1. The third kappa shape index (κ3) is 2.90. The van der Waals surface area contributed by atoms with E-state index in [2.05, 4.69) is 22.4 Å². The molecule has 0 saturated carbocycles. The van der Waals surface area contributed by atoms with Gasteiger partial charge in [0, 0.05) is 11.8 Å². The number of phenolic OH excluding ortho intramolecular Hbond substituents is 1. The van der Waals surface area contributed by atoms with Gasteiger partial charge in [-0.05, 0) is 18.6 Å². The number of phenols is 1. The van der Waals surface area contributed by atoms with Gasteiger partial charge in [0.05, 0.1) is 12.7 Å². The van der Waals surface area contributed by atoms with Gasteiger partial charge in [-0.15, -0.1) is 0 Å². The Labute approximate surface area is 116 Å². The van der Waals surface area contributed by atoms with E-state index in [1.165, 1.54) is 13.2 Å². The van der Waals surface area contributed by atoms with Crippen LogP contribution in [-0.2, 0) is 6.42 Å². The second-order valence-electron chi connectivity index (χ2n) is 4.34. The van der Waals surface area contributed by atoms with E-state index in [9.17, 15) is 9.90 Å². The first-order chi connectivity index (χ1) is 9.65. The van der Waals surface area contributed by atoms with Gasteiger partial charge in [-0.1, -0.05) is 19.4 Å². The van der Waals surface area contributed by atoms with Gasteiger partial charge in [-0.2, -0.15) is 5.10 Å². The molecular formula is C14H17N3O3. The number of aryl methyl sites for hydroxylation is 1. The summed E-state index contributed by atoms with van der Waals surface area (Å²) >= 11 is 0. The van der Waals surface area contributed by atoms with Gasteiger partial charge in [0.1, 0.15) is 0 Å². The third-order valence-corrected chi connectivity index (χ3v) is 2.86. The Bertz CT molecular complexity index is 607. The van der Waals surface area contributed by atoms with E-state index in [-0.39, 0.29) is 17.1 Å². The predicted octanol–water partition coefficient (Wildman–Crippen LogP) is 2.33. The number of rotatable bonds is 5. The highest BCUT2D eigenvalue weighted by Crippen LogP contribution is 2.29. The lowest BCUT2D eigenvalue weighted by Crippen LogP contribution is -2.12. The maximum absolute atomic E-state index is 12.1. The van der Waals surface area contributed by atoms with E-state index in [0.29, 0.717) is 5.82 Å². The van der Waals surface area contributed by atoms with Crippen LogP contribution in [0.25, 0.3) is 0 Å². The molecule has 6 heteroatoms. The summed E-state index contributed by atoms with van der Waals surface area (Å²) in [6.45, 7) is 2.06. The van der Waals surface area contributed by atoms with Crippen LogP contribution in [0.3, 0.4) is 0 Å². The average molecular weight is 275 g/mol. The standard InChI is InChI=1S/C14H17N3O3/c1-3-5-9-8-12(17-16-9)15-14(19)10-6-4-7-11(20-2)13(10)18/h4,6-8,18H,3,5H2,1-2H3,(H2,15,16,17,19). The molecule has 2 aromatic rings. The van der Waals surface area contributed by atoms with Crippen molar-refractivity contribution in [2.45, 2.75) is 19.8 Å². The highest BCUT2D eigenvalue weighted by molar-refractivity contribution is 6.06. The van der Waals surface area contributed by atoms with Crippen molar-refractivity contribution < 1.29 is 14.6 Å². The predicted molar refractivity (Wildman–Crippen MR) is 75.2 cm³/mol. The number of nitrogens with zero attached hydrogens (tertiary/aromatic N) is 1. The summed E-state index contributed by atoms with van der Waals surface area (Å²) in [6, 6.07) is 6.52. The van der Waals surface area contributed by atoms with Crippen molar-refractivity contribution >= 4 is 11.7 Å². The fourth-order valence-electron chi connectivity index (χ4n) is 1.88.